The van der Waals surface area contributed by atoms with E-state index in [2.05, 4.69) is 15.5 Å². The van der Waals surface area contributed by atoms with Crippen LogP contribution in [0.1, 0.15) is 44.6 Å². The van der Waals surface area contributed by atoms with Gasteiger partial charge < -0.3 is 14.5 Å². The van der Waals surface area contributed by atoms with Gasteiger partial charge in [-0.2, -0.15) is 5.10 Å². The van der Waals surface area contributed by atoms with Crippen molar-refractivity contribution >= 4 is 18.1 Å². The smallest absolute Gasteiger partial charge is 0.340 e. The Bertz CT molecular complexity index is 791. The first kappa shape index (κ1) is 18.3. The van der Waals surface area contributed by atoms with Gasteiger partial charge in [-0.25, -0.2) is 10.2 Å². The predicted molar refractivity (Wildman–Crippen MR) is 94.3 cm³/mol. The van der Waals surface area contributed by atoms with Gasteiger partial charge >= 0.3 is 5.97 Å². The maximum atomic E-state index is 12.0. The molecule has 2 rings (SSSR count). The number of aryl methyl sites for hydroxylation is 1. The van der Waals surface area contributed by atoms with Crippen molar-refractivity contribution in [2.45, 2.75) is 20.8 Å². The quantitative estimate of drug-likeness (QED) is 0.479. The van der Waals surface area contributed by atoms with Crippen LogP contribution >= 0.6 is 0 Å². The Hall–Kier alpha value is -3.09. The number of hydrogen-bond donors (Lipinski definition) is 2. The Morgan fingerprint density at radius 3 is 2.52 bits per heavy atom. The molecule has 1 amide bonds. The topological polar surface area (TPSA) is 92.8 Å². The van der Waals surface area contributed by atoms with E-state index >= 15 is 0 Å². The highest BCUT2D eigenvalue weighted by Crippen LogP contribution is 2.17. The zero-order valence-corrected chi connectivity index (χ0v) is 14.7. The van der Waals surface area contributed by atoms with Gasteiger partial charge in [0, 0.05) is 11.3 Å². The first-order valence-electron chi connectivity index (χ1n) is 7.81. The summed E-state index contributed by atoms with van der Waals surface area (Å²) in [5.41, 5.74) is 5.45. The molecule has 7 nitrogen and oxygen atoms in total. The summed E-state index contributed by atoms with van der Waals surface area (Å²) in [6, 6.07) is 6.69. The van der Waals surface area contributed by atoms with Gasteiger partial charge in [0.25, 0.3) is 5.91 Å². The molecule has 0 aliphatic carbocycles. The molecule has 1 aromatic heterocycles. The number of hydrogen-bond acceptors (Lipinski definition) is 5. The maximum Gasteiger partial charge on any atom is 0.340 e. The lowest BCUT2D eigenvalue weighted by Crippen LogP contribution is -2.17. The Kier molecular flexibility index (Phi) is 5.94. The number of amides is 1. The molecule has 25 heavy (non-hydrogen) atoms. The van der Waals surface area contributed by atoms with E-state index in [4.69, 9.17) is 9.47 Å². The number of aromatic amines is 1. The van der Waals surface area contributed by atoms with Gasteiger partial charge in [-0.1, -0.05) is 0 Å². The lowest BCUT2D eigenvalue weighted by Gasteiger charge is -2.02. The molecule has 132 valence electrons. The largest absolute Gasteiger partial charge is 0.497 e. The van der Waals surface area contributed by atoms with E-state index in [1.807, 2.05) is 0 Å². The van der Waals surface area contributed by atoms with Crippen LogP contribution in [0.4, 0.5) is 0 Å². The maximum absolute atomic E-state index is 12.0. The fourth-order valence-corrected chi connectivity index (χ4v) is 2.38. The Morgan fingerprint density at radius 2 is 1.92 bits per heavy atom. The summed E-state index contributed by atoms with van der Waals surface area (Å²) in [6.07, 6.45) is 1.46. The van der Waals surface area contributed by atoms with Crippen LogP contribution in [0.2, 0.25) is 0 Å². The molecule has 1 heterocycles. The fourth-order valence-electron chi connectivity index (χ4n) is 2.38. The standard InChI is InChI=1S/C18H21N3O4/c1-5-25-18(23)16-11(2)15(20-12(16)3)10-19-21-17(22)13-6-8-14(24-4)9-7-13/h6-10,20H,5H2,1-4H3,(H,21,22)/b19-10+. The molecular weight excluding hydrogens is 322 g/mol. The van der Waals surface area contributed by atoms with Crippen LogP contribution in [-0.4, -0.2) is 36.8 Å². The Balaban J connectivity index is 2.07. The van der Waals surface area contributed by atoms with E-state index in [1.165, 1.54) is 6.21 Å². The van der Waals surface area contributed by atoms with E-state index in [0.29, 0.717) is 34.9 Å². The molecule has 0 atom stereocenters. The summed E-state index contributed by atoms with van der Waals surface area (Å²) in [4.78, 5) is 27.1. The molecule has 0 aliphatic heterocycles. The average molecular weight is 343 g/mol. The van der Waals surface area contributed by atoms with Gasteiger partial charge in [0.2, 0.25) is 0 Å². The minimum atomic E-state index is -0.379. The zero-order valence-electron chi connectivity index (χ0n) is 14.7. The van der Waals surface area contributed by atoms with E-state index in [0.717, 1.165) is 5.56 Å². The SMILES string of the molecule is CCOC(=O)c1c(C)[nH]c(/C=N/NC(=O)c2ccc(OC)cc2)c1C. The Labute approximate surface area is 146 Å². The van der Waals surface area contributed by atoms with Crippen molar-refractivity contribution in [3.63, 3.8) is 0 Å². The second-order valence-electron chi connectivity index (χ2n) is 5.31. The van der Waals surface area contributed by atoms with Crippen molar-refractivity contribution in [3.8, 4) is 5.75 Å². The van der Waals surface area contributed by atoms with E-state index in [-0.39, 0.29) is 11.9 Å². The second-order valence-corrected chi connectivity index (χ2v) is 5.31. The number of aromatic nitrogens is 1. The number of carbonyl (C=O) groups excluding carboxylic acids is 2. The first-order chi connectivity index (χ1) is 12.0. The molecule has 0 bridgehead atoms. The Morgan fingerprint density at radius 1 is 1.24 bits per heavy atom. The van der Waals surface area contributed by atoms with Crippen LogP contribution in [0.5, 0.6) is 5.75 Å². The lowest BCUT2D eigenvalue weighted by molar-refractivity contribution is 0.0525. The highest BCUT2D eigenvalue weighted by atomic mass is 16.5. The minimum Gasteiger partial charge on any atom is -0.497 e. The summed E-state index contributed by atoms with van der Waals surface area (Å²) in [7, 11) is 1.56. The number of benzene rings is 1. The van der Waals surface area contributed by atoms with Gasteiger partial charge in [-0.15, -0.1) is 0 Å². The van der Waals surface area contributed by atoms with Crippen molar-refractivity contribution in [1.82, 2.24) is 10.4 Å². The molecule has 0 unspecified atom stereocenters. The van der Waals surface area contributed by atoms with Crippen LogP contribution in [0.25, 0.3) is 0 Å². The summed E-state index contributed by atoms with van der Waals surface area (Å²) in [5, 5.41) is 3.94. The van der Waals surface area contributed by atoms with Crippen molar-refractivity contribution in [2.75, 3.05) is 13.7 Å². The number of hydrazone groups is 1. The molecule has 0 spiro atoms. The third-order valence-electron chi connectivity index (χ3n) is 3.67. The van der Waals surface area contributed by atoms with E-state index in [9.17, 15) is 9.59 Å². The number of esters is 1. The summed E-state index contributed by atoms with van der Waals surface area (Å²) >= 11 is 0. The third-order valence-corrected chi connectivity index (χ3v) is 3.67. The van der Waals surface area contributed by atoms with Crippen LogP contribution in [0.3, 0.4) is 0 Å². The molecule has 1 aromatic carbocycles. The van der Waals surface area contributed by atoms with Gasteiger partial charge in [0.1, 0.15) is 5.75 Å². The van der Waals surface area contributed by atoms with Gasteiger partial charge in [0.05, 0.1) is 31.2 Å². The van der Waals surface area contributed by atoms with E-state index < -0.39 is 0 Å². The summed E-state index contributed by atoms with van der Waals surface area (Å²) in [5.74, 6) is -0.0508. The number of H-pyrrole nitrogens is 1. The molecule has 0 aliphatic rings. The van der Waals surface area contributed by atoms with E-state index in [1.54, 1.807) is 52.1 Å². The number of rotatable bonds is 6. The number of carbonyl (C=O) groups is 2. The number of nitrogens with zero attached hydrogens (tertiary/aromatic N) is 1. The minimum absolute atomic E-state index is 0.310. The molecule has 2 aromatic rings. The van der Waals surface area contributed by atoms with Gasteiger partial charge in [-0.05, 0) is 50.6 Å². The normalized spacial score (nSPS) is 10.7. The average Bonchev–Trinajstić information content (AvgIpc) is 2.89. The van der Waals surface area contributed by atoms with Crippen LogP contribution in [0.15, 0.2) is 29.4 Å². The molecule has 2 N–H and O–H groups in total. The van der Waals surface area contributed by atoms with Crippen LogP contribution in [-0.2, 0) is 4.74 Å². The molecule has 0 saturated carbocycles. The highest BCUT2D eigenvalue weighted by molar-refractivity contribution is 5.97. The molecular formula is C18H21N3O4. The predicted octanol–water partition coefficient (Wildman–Crippen LogP) is 2.58. The zero-order chi connectivity index (χ0) is 18.4. The molecule has 7 heteroatoms. The van der Waals surface area contributed by atoms with Gasteiger partial charge in [0.15, 0.2) is 0 Å². The van der Waals surface area contributed by atoms with Crippen molar-refractivity contribution < 1.29 is 19.1 Å². The highest BCUT2D eigenvalue weighted by Gasteiger charge is 2.18. The fraction of sp³-hybridized carbons (Fsp3) is 0.278. The third kappa shape index (κ3) is 4.26. The monoisotopic (exact) mass is 343 g/mol. The van der Waals surface area contributed by atoms with Crippen molar-refractivity contribution in [2.24, 2.45) is 5.10 Å². The second kappa shape index (κ2) is 8.14. The molecule has 0 fully saturated rings. The number of methoxy groups -OCH3 is 1. The summed E-state index contributed by atoms with van der Waals surface area (Å²) < 4.78 is 10.1. The van der Waals surface area contributed by atoms with Crippen molar-refractivity contribution in [3.05, 3.63) is 52.3 Å². The van der Waals surface area contributed by atoms with Gasteiger partial charge in [-0.3, -0.25) is 4.79 Å². The van der Waals surface area contributed by atoms with Crippen molar-refractivity contribution in [1.29, 1.82) is 0 Å². The number of nitrogens with one attached hydrogen (secondary N) is 2. The molecule has 0 radical (unpaired) electrons. The summed E-state index contributed by atoms with van der Waals surface area (Å²) in [6.45, 7) is 5.64. The van der Waals surface area contributed by atoms with Crippen LogP contribution in [0, 0.1) is 13.8 Å². The molecule has 0 saturated heterocycles. The first-order valence-corrected chi connectivity index (χ1v) is 7.81. The number of ether oxygens (including phenoxy) is 2. The lowest BCUT2D eigenvalue weighted by atomic mass is 10.1. The van der Waals surface area contributed by atoms with Crippen LogP contribution < -0.4 is 10.2 Å².